The number of hydrogen-bond acceptors (Lipinski definition) is 4. The Hall–Kier alpha value is -1.91. The number of rotatable bonds is 4. The van der Waals surface area contributed by atoms with Crippen LogP contribution in [0.15, 0.2) is 46.9 Å². The van der Waals surface area contributed by atoms with Crippen molar-refractivity contribution in [3.05, 3.63) is 48.2 Å². The summed E-state index contributed by atoms with van der Waals surface area (Å²) in [6, 6.07) is 12.0. The lowest BCUT2D eigenvalue weighted by Gasteiger charge is -1.88. The highest BCUT2D eigenvalue weighted by Crippen LogP contribution is 2.31. The minimum Gasteiger partial charge on any atom is -0.454 e. The third-order valence-electron chi connectivity index (χ3n) is 2.75. The SMILES string of the molecule is NCCC=Cc1ccc(-c2nc3ccccc3s2)o1. The summed E-state index contributed by atoms with van der Waals surface area (Å²) in [4.78, 5) is 4.57. The molecule has 0 saturated carbocycles. The van der Waals surface area contributed by atoms with Gasteiger partial charge in [0.25, 0.3) is 0 Å². The minimum absolute atomic E-state index is 0.655. The van der Waals surface area contributed by atoms with Gasteiger partial charge in [-0.05, 0) is 43.3 Å². The first-order valence-corrected chi connectivity index (χ1v) is 7.01. The number of furan rings is 1. The van der Waals surface area contributed by atoms with Gasteiger partial charge in [0.15, 0.2) is 10.8 Å². The van der Waals surface area contributed by atoms with Gasteiger partial charge in [-0.3, -0.25) is 0 Å². The second-order valence-corrected chi connectivity index (χ2v) is 5.20. The minimum atomic E-state index is 0.655. The van der Waals surface area contributed by atoms with Crippen LogP contribution in [0, 0.1) is 0 Å². The maximum Gasteiger partial charge on any atom is 0.163 e. The van der Waals surface area contributed by atoms with Crippen molar-refractivity contribution in [1.29, 1.82) is 0 Å². The molecule has 0 aliphatic heterocycles. The Morgan fingerprint density at radius 1 is 1.21 bits per heavy atom. The van der Waals surface area contributed by atoms with Gasteiger partial charge in [0, 0.05) is 0 Å². The van der Waals surface area contributed by atoms with Gasteiger partial charge in [-0.1, -0.05) is 18.2 Å². The average molecular weight is 270 g/mol. The van der Waals surface area contributed by atoms with Gasteiger partial charge in [-0.15, -0.1) is 11.3 Å². The second kappa shape index (κ2) is 5.38. The summed E-state index contributed by atoms with van der Waals surface area (Å²) in [5.41, 5.74) is 6.45. The number of fused-ring (bicyclic) bond motifs is 1. The van der Waals surface area contributed by atoms with Crippen LogP contribution < -0.4 is 5.73 Å². The molecule has 2 N–H and O–H groups in total. The Kier molecular flexibility index (Phi) is 3.44. The van der Waals surface area contributed by atoms with Crippen molar-refractivity contribution in [3.63, 3.8) is 0 Å². The lowest BCUT2D eigenvalue weighted by Crippen LogP contribution is -1.94. The van der Waals surface area contributed by atoms with Crippen molar-refractivity contribution < 1.29 is 4.42 Å². The normalized spacial score (nSPS) is 11.6. The Balaban J connectivity index is 1.89. The fourth-order valence-electron chi connectivity index (χ4n) is 1.83. The van der Waals surface area contributed by atoms with Gasteiger partial charge in [0.05, 0.1) is 10.2 Å². The lowest BCUT2D eigenvalue weighted by atomic mass is 10.3. The van der Waals surface area contributed by atoms with Crippen molar-refractivity contribution in [2.75, 3.05) is 6.54 Å². The molecule has 0 radical (unpaired) electrons. The predicted molar refractivity (Wildman–Crippen MR) is 80.0 cm³/mol. The molecular weight excluding hydrogens is 256 g/mol. The first-order valence-electron chi connectivity index (χ1n) is 6.19. The topological polar surface area (TPSA) is 52.0 Å². The van der Waals surface area contributed by atoms with Crippen LogP contribution >= 0.6 is 11.3 Å². The van der Waals surface area contributed by atoms with Crippen molar-refractivity contribution in [2.45, 2.75) is 6.42 Å². The molecule has 0 fully saturated rings. The molecule has 0 unspecified atom stereocenters. The fraction of sp³-hybridized carbons (Fsp3) is 0.133. The lowest BCUT2D eigenvalue weighted by molar-refractivity contribution is 0.571. The van der Waals surface area contributed by atoms with Crippen LogP contribution in [0.5, 0.6) is 0 Å². The summed E-state index contributed by atoms with van der Waals surface area (Å²) in [5.74, 6) is 1.65. The average Bonchev–Trinajstić information content (AvgIpc) is 3.04. The van der Waals surface area contributed by atoms with E-state index in [-0.39, 0.29) is 0 Å². The van der Waals surface area contributed by atoms with E-state index in [1.165, 1.54) is 4.70 Å². The molecule has 0 bridgehead atoms. The summed E-state index contributed by atoms with van der Waals surface area (Å²) in [7, 11) is 0. The number of thiazole rings is 1. The van der Waals surface area contributed by atoms with Crippen LogP contribution in [-0.2, 0) is 0 Å². The van der Waals surface area contributed by atoms with E-state index in [2.05, 4.69) is 11.1 Å². The zero-order chi connectivity index (χ0) is 13.1. The van der Waals surface area contributed by atoms with Crippen LogP contribution in [0.1, 0.15) is 12.2 Å². The largest absolute Gasteiger partial charge is 0.454 e. The van der Waals surface area contributed by atoms with Gasteiger partial charge in [0.2, 0.25) is 0 Å². The van der Waals surface area contributed by atoms with E-state index in [4.69, 9.17) is 10.2 Å². The predicted octanol–water partition coefficient (Wildman–Crippen LogP) is 3.92. The molecule has 0 spiro atoms. The molecule has 19 heavy (non-hydrogen) atoms. The van der Waals surface area contributed by atoms with Crippen LogP contribution in [-0.4, -0.2) is 11.5 Å². The van der Waals surface area contributed by atoms with E-state index < -0.39 is 0 Å². The molecule has 0 amide bonds. The molecule has 3 nitrogen and oxygen atoms in total. The molecule has 3 aromatic rings. The third kappa shape index (κ3) is 2.59. The number of hydrogen-bond donors (Lipinski definition) is 1. The molecule has 3 rings (SSSR count). The quantitative estimate of drug-likeness (QED) is 0.781. The van der Waals surface area contributed by atoms with E-state index in [1.807, 2.05) is 42.5 Å². The van der Waals surface area contributed by atoms with Crippen molar-refractivity contribution in [1.82, 2.24) is 4.98 Å². The Bertz CT molecular complexity index is 679. The monoisotopic (exact) mass is 270 g/mol. The maximum absolute atomic E-state index is 5.77. The number of aromatic nitrogens is 1. The van der Waals surface area contributed by atoms with Crippen LogP contribution in [0.3, 0.4) is 0 Å². The summed E-state index contributed by atoms with van der Waals surface area (Å²) in [6.45, 7) is 0.655. The van der Waals surface area contributed by atoms with E-state index in [0.29, 0.717) is 6.54 Å². The number of para-hydroxylation sites is 1. The molecule has 0 saturated heterocycles. The summed E-state index contributed by atoms with van der Waals surface area (Å²) >= 11 is 1.64. The van der Waals surface area contributed by atoms with E-state index in [9.17, 15) is 0 Å². The molecule has 0 aliphatic rings. The Morgan fingerprint density at radius 3 is 2.95 bits per heavy atom. The highest BCUT2D eigenvalue weighted by molar-refractivity contribution is 7.21. The second-order valence-electron chi connectivity index (χ2n) is 4.17. The smallest absolute Gasteiger partial charge is 0.163 e. The van der Waals surface area contributed by atoms with E-state index in [1.54, 1.807) is 11.3 Å². The summed E-state index contributed by atoms with van der Waals surface area (Å²) in [5, 5.41) is 0.916. The van der Waals surface area contributed by atoms with Gasteiger partial charge < -0.3 is 10.2 Å². The van der Waals surface area contributed by atoms with Crippen molar-refractivity contribution >= 4 is 27.6 Å². The number of nitrogens with two attached hydrogens (primary N) is 1. The molecule has 96 valence electrons. The molecule has 2 heterocycles. The van der Waals surface area contributed by atoms with Crippen LogP contribution in [0.25, 0.3) is 27.1 Å². The Labute approximate surface area is 115 Å². The third-order valence-corrected chi connectivity index (χ3v) is 3.80. The van der Waals surface area contributed by atoms with Gasteiger partial charge in [-0.2, -0.15) is 0 Å². The molecule has 1 aromatic carbocycles. The molecule has 4 heteroatoms. The Morgan fingerprint density at radius 2 is 2.11 bits per heavy atom. The standard InChI is InChI=1S/C15H14N2OS/c16-10-4-3-5-11-8-9-13(18-11)15-17-12-6-1-2-7-14(12)19-15/h1-3,5-9H,4,10,16H2. The first kappa shape index (κ1) is 12.1. The zero-order valence-electron chi connectivity index (χ0n) is 10.4. The number of nitrogens with zero attached hydrogens (tertiary/aromatic N) is 1. The highest BCUT2D eigenvalue weighted by atomic mass is 32.1. The molecule has 0 atom stereocenters. The van der Waals surface area contributed by atoms with Crippen molar-refractivity contribution in [2.24, 2.45) is 5.73 Å². The zero-order valence-corrected chi connectivity index (χ0v) is 11.2. The van der Waals surface area contributed by atoms with Crippen LogP contribution in [0.2, 0.25) is 0 Å². The molecule has 2 aromatic heterocycles. The van der Waals surface area contributed by atoms with Crippen molar-refractivity contribution in [3.8, 4) is 10.8 Å². The van der Waals surface area contributed by atoms with Crippen LogP contribution in [0.4, 0.5) is 0 Å². The fourth-order valence-corrected chi connectivity index (χ4v) is 2.76. The first-order chi connectivity index (χ1) is 9.36. The van der Waals surface area contributed by atoms with Gasteiger partial charge in [-0.25, -0.2) is 4.98 Å². The highest BCUT2D eigenvalue weighted by Gasteiger charge is 2.09. The molecular formula is C15H14N2OS. The maximum atomic E-state index is 5.77. The molecule has 0 aliphatic carbocycles. The van der Waals surface area contributed by atoms with Gasteiger partial charge in [0.1, 0.15) is 5.76 Å². The number of benzene rings is 1. The summed E-state index contributed by atoms with van der Waals surface area (Å²) in [6.07, 6.45) is 4.82. The van der Waals surface area contributed by atoms with E-state index >= 15 is 0 Å². The van der Waals surface area contributed by atoms with Gasteiger partial charge >= 0.3 is 0 Å². The van der Waals surface area contributed by atoms with E-state index in [0.717, 1.165) is 28.5 Å². The summed E-state index contributed by atoms with van der Waals surface area (Å²) < 4.78 is 6.94.